The molecule has 1 aromatic carbocycles. The minimum Gasteiger partial charge on any atom is -0.481 e. The van der Waals surface area contributed by atoms with Crippen LogP contribution in [-0.2, 0) is 9.59 Å². The van der Waals surface area contributed by atoms with E-state index in [0.717, 1.165) is 17.3 Å². The van der Waals surface area contributed by atoms with Crippen molar-refractivity contribution < 1.29 is 19.5 Å². The fraction of sp³-hybridized carbons (Fsp3) is 0.357. The number of amides is 2. The molecule has 6 nitrogen and oxygen atoms in total. The van der Waals surface area contributed by atoms with E-state index in [0.29, 0.717) is 17.8 Å². The third kappa shape index (κ3) is 5.86. The van der Waals surface area contributed by atoms with Gasteiger partial charge in [0, 0.05) is 17.8 Å². The van der Waals surface area contributed by atoms with Gasteiger partial charge in [-0.2, -0.15) is 0 Å². The van der Waals surface area contributed by atoms with Crippen molar-refractivity contribution in [2.75, 3.05) is 23.4 Å². The number of carboxylic acids is 1. The SMILES string of the molecule is CCNC(=O)c1ccc(C)c(NC(=O)CSCC(=O)O)c1. The molecule has 114 valence electrons. The lowest BCUT2D eigenvalue weighted by atomic mass is 10.1. The third-order valence-electron chi connectivity index (χ3n) is 2.57. The Morgan fingerprint density at radius 2 is 1.95 bits per heavy atom. The van der Waals surface area contributed by atoms with E-state index in [1.807, 2.05) is 13.8 Å². The molecule has 0 heterocycles. The van der Waals surface area contributed by atoms with Gasteiger partial charge in [-0.05, 0) is 31.5 Å². The zero-order valence-corrected chi connectivity index (χ0v) is 12.8. The summed E-state index contributed by atoms with van der Waals surface area (Å²) in [6, 6.07) is 5.06. The molecule has 0 unspecified atom stereocenters. The van der Waals surface area contributed by atoms with Crippen LogP contribution < -0.4 is 10.6 Å². The fourth-order valence-corrected chi connectivity index (χ4v) is 2.11. The molecule has 0 spiro atoms. The minimum atomic E-state index is -0.956. The number of anilines is 1. The molecule has 3 N–H and O–H groups in total. The molecule has 0 aliphatic carbocycles. The summed E-state index contributed by atoms with van der Waals surface area (Å²) in [5.74, 6) is -1.52. The van der Waals surface area contributed by atoms with Gasteiger partial charge in [-0.3, -0.25) is 14.4 Å². The van der Waals surface area contributed by atoms with Crippen LogP contribution in [-0.4, -0.2) is 40.9 Å². The lowest BCUT2D eigenvalue weighted by molar-refractivity contribution is -0.133. The first kappa shape index (κ1) is 17.0. The summed E-state index contributed by atoms with van der Waals surface area (Å²) in [6.07, 6.45) is 0. The molecule has 0 fully saturated rings. The first-order valence-electron chi connectivity index (χ1n) is 6.42. The Morgan fingerprint density at radius 1 is 1.24 bits per heavy atom. The average Bonchev–Trinajstić information content (AvgIpc) is 2.41. The normalized spacial score (nSPS) is 10.0. The van der Waals surface area contributed by atoms with Gasteiger partial charge >= 0.3 is 5.97 Å². The summed E-state index contributed by atoms with van der Waals surface area (Å²) < 4.78 is 0. The number of benzene rings is 1. The number of nitrogens with one attached hydrogen (secondary N) is 2. The molecule has 21 heavy (non-hydrogen) atoms. The molecule has 0 saturated heterocycles. The maximum atomic E-state index is 11.7. The smallest absolute Gasteiger partial charge is 0.313 e. The maximum Gasteiger partial charge on any atom is 0.313 e. The Hall–Kier alpha value is -2.02. The highest BCUT2D eigenvalue weighted by Crippen LogP contribution is 2.17. The van der Waals surface area contributed by atoms with E-state index in [-0.39, 0.29) is 23.3 Å². The largest absolute Gasteiger partial charge is 0.481 e. The quantitative estimate of drug-likeness (QED) is 0.709. The predicted octanol–water partition coefficient (Wildman–Crippen LogP) is 1.50. The van der Waals surface area contributed by atoms with Crippen LogP contribution in [0.1, 0.15) is 22.8 Å². The van der Waals surface area contributed by atoms with Gasteiger partial charge in [-0.25, -0.2) is 0 Å². The van der Waals surface area contributed by atoms with E-state index in [4.69, 9.17) is 5.11 Å². The van der Waals surface area contributed by atoms with Crippen LogP contribution in [0.4, 0.5) is 5.69 Å². The number of hydrogen-bond donors (Lipinski definition) is 3. The van der Waals surface area contributed by atoms with Crippen LogP contribution in [0.25, 0.3) is 0 Å². The minimum absolute atomic E-state index is 0.0527. The Labute approximate surface area is 127 Å². The van der Waals surface area contributed by atoms with Crippen molar-refractivity contribution >= 4 is 35.2 Å². The Kier molecular flexibility index (Phi) is 6.74. The highest BCUT2D eigenvalue weighted by atomic mass is 32.2. The molecular weight excluding hydrogens is 292 g/mol. The topological polar surface area (TPSA) is 95.5 Å². The summed E-state index contributed by atoms with van der Waals surface area (Å²) in [5.41, 5.74) is 1.86. The van der Waals surface area contributed by atoms with Crippen molar-refractivity contribution in [1.82, 2.24) is 5.32 Å². The van der Waals surface area contributed by atoms with Crippen molar-refractivity contribution in [2.45, 2.75) is 13.8 Å². The van der Waals surface area contributed by atoms with Crippen molar-refractivity contribution in [3.8, 4) is 0 Å². The summed E-state index contributed by atoms with van der Waals surface area (Å²) in [5, 5.41) is 13.9. The summed E-state index contributed by atoms with van der Waals surface area (Å²) >= 11 is 1.02. The van der Waals surface area contributed by atoms with Gasteiger partial charge in [0.25, 0.3) is 5.91 Å². The Bertz CT molecular complexity index is 546. The second-order valence-corrected chi connectivity index (χ2v) is 5.31. The van der Waals surface area contributed by atoms with Gasteiger partial charge < -0.3 is 15.7 Å². The zero-order chi connectivity index (χ0) is 15.8. The van der Waals surface area contributed by atoms with Crippen molar-refractivity contribution in [3.63, 3.8) is 0 Å². The monoisotopic (exact) mass is 310 g/mol. The summed E-state index contributed by atoms with van der Waals surface area (Å²) in [6.45, 7) is 4.18. The summed E-state index contributed by atoms with van der Waals surface area (Å²) in [4.78, 5) is 33.9. The fourth-order valence-electron chi connectivity index (χ4n) is 1.58. The molecule has 0 bridgehead atoms. The van der Waals surface area contributed by atoms with Crippen LogP contribution in [0.15, 0.2) is 18.2 Å². The second-order valence-electron chi connectivity index (χ2n) is 4.32. The number of hydrogen-bond acceptors (Lipinski definition) is 4. The van der Waals surface area contributed by atoms with Crippen LogP contribution in [0, 0.1) is 6.92 Å². The molecule has 0 atom stereocenters. The number of aryl methyl sites for hydroxylation is 1. The van der Waals surface area contributed by atoms with Crippen molar-refractivity contribution in [2.24, 2.45) is 0 Å². The molecule has 0 saturated carbocycles. The summed E-state index contributed by atoms with van der Waals surface area (Å²) in [7, 11) is 0. The number of aliphatic carboxylic acids is 1. The number of carbonyl (C=O) groups is 3. The molecule has 0 aliphatic rings. The van der Waals surface area contributed by atoms with E-state index >= 15 is 0 Å². The van der Waals surface area contributed by atoms with Crippen molar-refractivity contribution in [1.29, 1.82) is 0 Å². The predicted molar refractivity (Wildman–Crippen MR) is 82.8 cm³/mol. The second kappa shape index (κ2) is 8.31. The molecular formula is C14H18N2O4S. The van der Waals surface area contributed by atoms with Gasteiger partial charge in [-0.1, -0.05) is 6.07 Å². The van der Waals surface area contributed by atoms with Crippen LogP contribution in [0.3, 0.4) is 0 Å². The molecule has 1 rings (SSSR count). The molecule has 0 aliphatic heterocycles. The molecule has 7 heteroatoms. The lowest BCUT2D eigenvalue weighted by Gasteiger charge is -2.10. The van der Waals surface area contributed by atoms with Crippen LogP contribution in [0.2, 0.25) is 0 Å². The van der Waals surface area contributed by atoms with Gasteiger partial charge in [0.15, 0.2) is 0 Å². The van der Waals surface area contributed by atoms with E-state index in [1.54, 1.807) is 18.2 Å². The number of thioether (sulfide) groups is 1. The number of carbonyl (C=O) groups excluding carboxylic acids is 2. The number of rotatable bonds is 7. The first-order valence-corrected chi connectivity index (χ1v) is 7.57. The van der Waals surface area contributed by atoms with E-state index in [2.05, 4.69) is 10.6 Å². The standard InChI is InChI=1S/C14H18N2O4S/c1-3-15-14(20)10-5-4-9(2)11(6-10)16-12(17)7-21-8-13(18)19/h4-6H,3,7-8H2,1-2H3,(H,15,20)(H,16,17)(H,18,19). The Balaban J connectivity index is 2.69. The highest BCUT2D eigenvalue weighted by molar-refractivity contribution is 8.00. The lowest BCUT2D eigenvalue weighted by Crippen LogP contribution is -2.23. The highest BCUT2D eigenvalue weighted by Gasteiger charge is 2.10. The van der Waals surface area contributed by atoms with Gasteiger partial charge in [0.1, 0.15) is 0 Å². The maximum absolute atomic E-state index is 11.7. The molecule has 2 amide bonds. The van der Waals surface area contributed by atoms with E-state index in [1.165, 1.54) is 0 Å². The first-order chi connectivity index (χ1) is 9.93. The molecule has 0 aromatic heterocycles. The van der Waals surface area contributed by atoms with E-state index < -0.39 is 5.97 Å². The molecule has 1 aromatic rings. The number of carboxylic acid groups (broad SMARTS) is 1. The Morgan fingerprint density at radius 3 is 2.57 bits per heavy atom. The van der Waals surface area contributed by atoms with Crippen LogP contribution >= 0.6 is 11.8 Å². The van der Waals surface area contributed by atoms with Crippen molar-refractivity contribution in [3.05, 3.63) is 29.3 Å². The van der Waals surface area contributed by atoms with Crippen LogP contribution in [0.5, 0.6) is 0 Å². The zero-order valence-electron chi connectivity index (χ0n) is 11.9. The molecule has 0 radical (unpaired) electrons. The van der Waals surface area contributed by atoms with Gasteiger partial charge in [0.05, 0.1) is 11.5 Å². The van der Waals surface area contributed by atoms with Gasteiger partial charge in [0.2, 0.25) is 5.91 Å². The average molecular weight is 310 g/mol. The van der Waals surface area contributed by atoms with E-state index in [9.17, 15) is 14.4 Å². The third-order valence-corrected chi connectivity index (χ3v) is 3.49. The van der Waals surface area contributed by atoms with Gasteiger partial charge in [-0.15, -0.1) is 11.8 Å².